The average molecular weight is 256 g/mol. The first-order chi connectivity index (χ1) is 7.97. The van der Waals surface area contributed by atoms with Gasteiger partial charge in [-0.05, 0) is 55.5 Å². The maximum Gasteiger partial charge on any atom is 0.238 e. The summed E-state index contributed by atoms with van der Waals surface area (Å²) in [6.45, 7) is 2.65. The van der Waals surface area contributed by atoms with Crippen LogP contribution in [-0.4, -0.2) is 15.0 Å². The minimum Gasteiger partial charge on any atom is -0.330 e. The zero-order valence-corrected chi connectivity index (χ0v) is 11.0. The lowest BCUT2D eigenvalue weighted by molar-refractivity contribution is 0.597. The molecule has 0 saturated carbocycles. The van der Waals surface area contributed by atoms with Crippen LogP contribution < -0.4 is 10.9 Å². The molecule has 1 aromatic carbocycles. The van der Waals surface area contributed by atoms with Crippen LogP contribution in [0.2, 0.25) is 0 Å². The van der Waals surface area contributed by atoms with Gasteiger partial charge in [0.05, 0.1) is 4.90 Å². The summed E-state index contributed by atoms with van der Waals surface area (Å²) in [5.41, 5.74) is 7.45. The molecule has 0 radical (unpaired) electrons. The van der Waals surface area contributed by atoms with Crippen molar-refractivity contribution in [1.82, 2.24) is 0 Å². The Morgan fingerprint density at radius 1 is 1.12 bits per heavy atom. The van der Waals surface area contributed by atoms with Crippen molar-refractivity contribution in [3.05, 3.63) is 29.3 Å². The van der Waals surface area contributed by atoms with Crippen LogP contribution in [0.15, 0.2) is 23.1 Å². The highest BCUT2D eigenvalue weighted by molar-refractivity contribution is 7.89. The smallest absolute Gasteiger partial charge is 0.238 e. The fraction of sp³-hybridized carbons (Fsp3) is 0.500. The van der Waals surface area contributed by atoms with Gasteiger partial charge in [-0.2, -0.15) is 0 Å². The van der Waals surface area contributed by atoms with Crippen molar-refractivity contribution in [2.45, 2.75) is 37.5 Å². The molecule has 1 rings (SSSR count). The molecule has 0 bridgehead atoms. The van der Waals surface area contributed by atoms with E-state index in [0.29, 0.717) is 6.54 Å². The van der Waals surface area contributed by atoms with E-state index in [9.17, 15) is 8.42 Å². The predicted molar refractivity (Wildman–Crippen MR) is 69.2 cm³/mol. The number of hydrogen-bond donors (Lipinski definition) is 2. The van der Waals surface area contributed by atoms with Gasteiger partial charge in [-0.15, -0.1) is 0 Å². The summed E-state index contributed by atoms with van der Waals surface area (Å²) in [6.07, 6.45) is 3.55. The molecule has 0 aliphatic rings. The van der Waals surface area contributed by atoms with Crippen LogP contribution in [0.4, 0.5) is 0 Å². The normalized spacial score (nSPS) is 11.7. The molecule has 1 aromatic rings. The highest BCUT2D eigenvalue weighted by Gasteiger charge is 2.10. The first-order valence-electron chi connectivity index (χ1n) is 5.83. The predicted octanol–water partition coefficient (Wildman–Crippen LogP) is 1.18. The Kier molecular flexibility index (Phi) is 5.11. The molecule has 0 amide bonds. The van der Waals surface area contributed by atoms with Crippen molar-refractivity contribution in [3.8, 4) is 0 Å². The second-order valence-electron chi connectivity index (χ2n) is 4.13. The van der Waals surface area contributed by atoms with Gasteiger partial charge in [0.2, 0.25) is 10.0 Å². The van der Waals surface area contributed by atoms with Gasteiger partial charge in [-0.25, -0.2) is 13.6 Å². The Bertz CT molecular complexity index is 469. The van der Waals surface area contributed by atoms with Gasteiger partial charge in [0.25, 0.3) is 0 Å². The average Bonchev–Trinajstić information content (AvgIpc) is 2.28. The van der Waals surface area contributed by atoms with Gasteiger partial charge in [0.15, 0.2) is 0 Å². The number of aryl methyl sites for hydroxylation is 2. The molecule has 0 spiro atoms. The standard InChI is InChI=1S/C12H20N2O2S/c1-2-10-7-11(5-3-4-6-13)9-12(8-10)17(14,15)16/h7-9H,2-6,13H2,1H3,(H2,14,15,16). The van der Waals surface area contributed by atoms with Gasteiger partial charge < -0.3 is 5.73 Å². The molecule has 0 unspecified atom stereocenters. The molecule has 4 N–H and O–H groups in total. The Morgan fingerprint density at radius 2 is 1.76 bits per heavy atom. The molecule has 0 aliphatic heterocycles. The largest absolute Gasteiger partial charge is 0.330 e. The number of primary sulfonamides is 1. The number of sulfonamides is 1. The van der Waals surface area contributed by atoms with E-state index in [1.54, 1.807) is 12.1 Å². The van der Waals surface area contributed by atoms with Gasteiger partial charge in [-0.3, -0.25) is 0 Å². The van der Waals surface area contributed by atoms with Crippen molar-refractivity contribution in [1.29, 1.82) is 0 Å². The summed E-state index contributed by atoms with van der Waals surface area (Å²) >= 11 is 0. The Morgan fingerprint density at radius 3 is 2.29 bits per heavy atom. The highest BCUT2D eigenvalue weighted by Crippen LogP contribution is 2.16. The van der Waals surface area contributed by atoms with Crippen LogP contribution >= 0.6 is 0 Å². The van der Waals surface area contributed by atoms with Crippen molar-refractivity contribution in [2.75, 3.05) is 6.54 Å². The Hall–Kier alpha value is -0.910. The lowest BCUT2D eigenvalue weighted by Crippen LogP contribution is -2.13. The lowest BCUT2D eigenvalue weighted by Gasteiger charge is -2.07. The highest BCUT2D eigenvalue weighted by atomic mass is 32.2. The molecule has 0 saturated heterocycles. The number of rotatable bonds is 6. The van der Waals surface area contributed by atoms with Crippen molar-refractivity contribution in [3.63, 3.8) is 0 Å². The van der Waals surface area contributed by atoms with Gasteiger partial charge in [0, 0.05) is 0 Å². The van der Waals surface area contributed by atoms with E-state index in [1.807, 2.05) is 13.0 Å². The fourth-order valence-electron chi connectivity index (χ4n) is 1.71. The maximum atomic E-state index is 11.3. The Balaban J connectivity index is 2.98. The summed E-state index contributed by atoms with van der Waals surface area (Å²) < 4.78 is 22.7. The summed E-state index contributed by atoms with van der Waals surface area (Å²) in [7, 11) is -3.61. The number of benzene rings is 1. The molecule has 4 nitrogen and oxygen atoms in total. The van der Waals surface area contributed by atoms with Crippen molar-refractivity contribution >= 4 is 10.0 Å². The SMILES string of the molecule is CCc1cc(CCCCN)cc(S(N)(=O)=O)c1. The van der Waals surface area contributed by atoms with E-state index in [2.05, 4.69) is 0 Å². The van der Waals surface area contributed by atoms with Crippen LogP contribution in [-0.2, 0) is 22.9 Å². The quantitative estimate of drug-likeness (QED) is 0.749. The van der Waals surface area contributed by atoms with Crippen LogP contribution in [0.1, 0.15) is 30.9 Å². The molecule has 17 heavy (non-hydrogen) atoms. The molecule has 96 valence electrons. The van der Waals surface area contributed by atoms with E-state index < -0.39 is 10.0 Å². The molecule has 0 fully saturated rings. The zero-order chi connectivity index (χ0) is 12.9. The summed E-state index contributed by atoms with van der Waals surface area (Å²) in [5.74, 6) is 0. The number of hydrogen-bond acceptors (Lipinski definition) is 3. The molecule has 0 aliphatic carbocycles. The second-order valence-corrected chi connectivity index (χ2v) is 5.69. The number of unbranched alkanes of at least 4 members (excludes halogenated alkanes) is 1. The summed E-state index contributed by atoms with van der Waals surface area (Å²) in [4.78, 5) is 0.208. The molecule has 0 heterocycles. The fourth-order valence-corrected chi connectivity index (χ4v) is 2.35. The zero-order valence-electron chi connectivity index (χ0n) is 10.1. The maximum absolute atomic E-state index is 11.3. The first kappa shape index (κ1) is 14.2. The Labute approximate surface area is 103 Å². The molecular weight excluding hydrogens is 236 g/mol. The molecule has 5 heteroatoms. The van der Waals surface area contributed by atoms with Gasteiger partial charge in [0.1, 0.15) is 0 Å². The topological polar surface area (TPSA) is 86.2 Å². The van der Waals surface area contributed by atoms with Crippen LogP contribution in [0.5, 0.6) is 0 Å². The molecular formula is C12H20N2O2S. The van der Waals surface area contributed by atoms with Crippen molar-refractivity contribution < 1.29 is 8.42 Å². The molecule has 0 aromatic heterocycles. The third kappa shape index (κ3) is 4.46. The van der Waals surface area contributed by atoms with E-state index in [-0.39, 0.29) is 4.90 Å². The van der Waals surface area contributed by atoms with E-state index in [0.717, 1.165) is 36.8 Å². The monoisotopic (exact) mass is 256 g/mol. The van der Waals surface area contributed by atoms with Crippen LogP contribution in [0.25, 0.3) is 0 Å². The third-order valence-electron chi connectivity index (χ3n) is 2.68. The van der Waals surface area contributed by atoms with E-state index in [4.69, 9.17) is 10.9 Å². The molecule has 0 atom stereocenters. The van der Waals surface area contributed by atoms with Gasteiger partial charge >= 0.3 is 0 Å². The number of nitrogens with two attached hydrogens (primary N) is 2. The van der Waals surface area contributed by atoms with Gasteiger partial charge in [-0.1, -0.05) is 13.0 Å². The minimum atomic E-state index is -3.61. The lowest BCUT2D eigenvalue weighted by atomic mass is 10.0. The first-order valence-corrected chi connectivity index (χ1v) is 7.37. The van der Waals surface area contributed by atoms with Crippen molar-refractivity contribution in [2.24, 2.45) is 10.9 Å². The van der Waals surface area contributed by atoms with E-state index >= 15 is 0 Å². The minimum absolute atomic E-state index is 0.208. The van der Waals surface area contributed by atoms with Crippen LogP contribution in [0.3, 0.4) is 0 Å². The van der Waals surface area contributed by atoms with E-state index in [1.165, 1.54) is 0 Å². The van der Waals surface area contributed by atoms with Crippen LogP contribution in [0, 0.1) is 0 Å². The summed E-state index contributed by atoms with van der Waals surface area (Å²) in [6, 6.07) is 5.33. The summed E-state index contributed by atoms with van der Waals surface area (Å²) in [5, 5.41) is 5.16. The third-order valence-corrected chi connectivity index (χ3v) is 3.58. The second kappa shape index (κ2) is 6.14.